The summed E-state index contributed by atoms with van der Waals surface area (Å²) in [6.45, 7) is 4.01. The van der Waals surface area contributed by atoms with Gasteiger partial charge in [0.15, 0.2) is 0 Å². The highest BCUT2D eigenvalue weighted by Gasteiger charge is 2.10. The van der Waals surface area contributed by atoms with Gasteiger partial charge in [0.25, 0.3) is 0 Å². The second kappa shape index (κ2) is 4.00. The van der Waals surface area contributed by atoms with E-state index in [9.17, 15) is 4.79 Å². The van der Waals surface area contributed by atoms with E-state index >= 15 is 0 Å². The molecule has 1 aromatic heterocycles. The molecule has 0 aliphatic carbocycles. The summed E-state index contributed by atoms with van der Waals surface area (Å²) in [5.41, 5.74) is 4.22. The molecule has 2 aromatic rings. The van der Waals surface area contributed by atoms with Crippen molar-refractivity contribution in [2.45, 2.75) is 26.7 Å². The van der Waals surface area contributed by atoms with Crippen molar-refractivity contribution >= 4 is 16.9 Å². The lowest BCUT2D eigenvalue weighted by molar-refractivity contribution is -0.136. The summed E-state index contributed by atoms with van der Waals surface area (Å²) in [6.07, 6.45) is 2.41. The van der Waals surface area contributed by atoms with Crippen molar-refractivity contribution in [3.63, 3.8) is 0 Å². The van der Waals surface area contributed by atoms with E-state index in [2.05, 4.69) is 0 Å². The summed E-state index contributed by atoms with van der Waals surface area (Å²) in [5.74, 6) is -0.758. The fourth-order valence-corrected chi connectivity index (χ4v) is 2.10. The van der Waals surface area contributed by atoms with Crippen LogP contribution in [-0.2, 0) is 11.2 Å². The van der Waals surface area contributed by atoms with E-state index in [1.807, 2.05) is 26.0 Å². The van der Waals surface area contributed by atoms with Crippen LogP contribution < -0.4 is 0 Å². The second-order valence-corrected chi connectivity index (χ2v) is 4.02. The zero-order valence-electron chi connectivity index (χ0n) is 9.41. The van der Waals surface area contributed by atoms with Crippen LogP contribution in [0.2, 0.25) is 0 Å². The molecule has 0 bridgehead atoms. The van der Waals surface area contributed by atoms with Crippen molar-refractivity contribution in [1.82, 2.24) is 0 Å². The number of carboxylic acid groups (broad SMARTS) is 1. The number of hydrogen-bond donors (Lipinski definition) is 1. The molecule has 0 fully saturated rings. The van der Waals surface area contributed by atoms with Gasteiger partial charge in [0.2, 0.25) is 0 Å². The average Bonchev–Trinajstić information content (AvgIpc) is 2.64. The van der Waals surface area contributed by atoms with Crippen molar-refractivity contribution in [3.8, 4) is 0 Å². The van der Waals surface area contributed by atoms with Crippen LogP contribution in [0.4, 0.5) is 0 Å². The van der Waals surface area contributed by atoms with Crippen LogP contribution in [0.15, 0.2) is 22.8 Å². The van der Waals surface area contributed by atoms with Gasteiger partial charge in [-0.1, -0.05) is 0 Å². The number of rotatable bonds is 3. The van der Waals surface area contributed by atoms with Gasteiger partial charge < -0.3 is 9.52 Å². The highest BCUT2D eigenvalue weighted by molar-refractivity contribution is 5.83. The third kappa shape index (κ3) is 1.81. The van der Waals surface area contributed by atoms with Gasteiger partial charge in [-0.3, -0.25) is 4.79 Å². The fourth-order valence-electron chi connectivity index (χ4n) is 2.10. The number of furan rings is 1. The van der Waals surface area contributed by atoms with E-state index in [1.165, 1.54) is 0 Å². The summed E-state index contributed by atoms with van der Waals surface area (Å²) in [7, 11) is 0. The second-order valence-electron chi connectivity index (χ2n) is 4.02. The molecule has 0 atom stereocenters. The first-order valence-electron chi connectivity index (χ1n) is 5.27. The molecule has 0 saturated heterocycles. The molecular weight excluding hydrogens is 204 g/mol. The lowest BCUT2D eigenvalue weighted by Crippen LogP contribution is -2.01. The number of aliphatic carboxylic acids is 1. The van der Waals surface area contributed by atoms with E-state index in [1.54, 1.807) is 6.26 Å². The Balaban J connectivity index is 2.46. The lowest BCUT2D eigenvalue weighted by Gasteiger charge is -2.09. The third-order valence-electron chi connectivity index (χ3n) is 2.96. The van der Waals surface area contributed by atoms with Crippen LogP contribution >= 0.6 is 0 Å². The molecule has 2 rings (SSSR count). The Hall–Kier alpha value is -1.77. The van der Waals surface area contributed by atoms with E-state index in [4.69, 9.17) is 9.52 Å². The molecule has 0 amide bonds. The minimum atomic E-state index is -0.758. The summed E-state index contributed by atoms with van der Waals surface area (Å²) in [6, 6.07) is 3.90. The summed E-state index contributed by atoms with van der Waals surface area (Å²) in [4.78, 5) is 10.6. The maximum atomic E-state index is 10.6. The number of carboxylic acids is 1. The number of hydrogen-bond acceptors (Lipinski definition) is 2. The van der Waals surface area contributed by atoms with E-state index < -0.39 is 5.97 Å². The van der Waals surface area contributed by atoms with Gasteiger partial charge in [0.1, 0.15) is 5.58 Å². The van der Waals surface area contributed by atoms with Crippen LogP contribution in [0.3, 0.4) is 0 Å². The Bertz CT molecular complexity index is 537. The first-order valence-corrected chi connectivity index (χ1v) is 5.27. The average molecular weight is 218 g/mol. The van der Waals surface area contributed by atoms with E-state index in [-0.39, 0.29) is 6.42 Å². The smallest absolute Gasteiger partial charge is 0.303 e. The molecule has 0 aliphatic rings. The molecule has 1 heterocycles. The van der Waals surface area contributed by atoms with Crippen molar-refractivity contribution in [2.24, 2.45) is 0 Å². The molecule has 0 radical (unpaired) electrons. The number of aryl methyl sites for hydroxylation is 2. The predicted octanol–water partition coefficient (Wildman–Crippen LogP) is 3.07. The first kappa shape index (κ1) is 10.7. The van der Waals surface area contributed by atoms with Crippen molar-refractivity contribution in [1.29, 1.82) is 0 Å². The molecule has 84 valence electrons. The predicted molar refractivity (Wildman–Crippen MR) is 61.6 cm³/mol. The number of carbonyl (C=O) groups is 1. The molecule has 0 unspecified atom stereocenters. The van der Waals surface area contributed by atoms with E-state index in [0.717, 1.165) is 27.7 Å². The molecule has 1 aromatic carbocycles. The Labute approximate surface area is 93.7 Å². The van der Waals surface area contributed by atoms with Crippen LogP contribution in [0.25, 0.3) is 11.0 Å². The van der Waals surface area contributed by atoms with E-state index in [0.29, 0.717) is 6.42 Å². The van der Waals surface area contributed by atoms with Gasteiger partial charge in [-0.05, 0) is 49.1 Å². The van der Waals surface area contributed by atoms with Crippen LogP contribution in [-0.4, -0.2) is 11.1 Å². The zero-order chi connectivity index (χ0) is 11.7. The van der Waals surface area contributed by atoms with Gasteiger partial charge in [-0.15, -0.1) is 0 Å². The third-order valence-corrected chi connectivity index (χ3v) is 2.96. The Kier molecular flexibility index (Phi) is 2.69. The van der Waals surface area contributed by atoms with Gasteiger partial charge in [0, 0.05) is 11.8 Å². The summed E-state index contributed by atoms with van der Waals surface area (Å²) < 4.78 is 5.34. The molecule has 0 spiro atoms. The van der Waals surface area contributed by atoms with Crippen molar-refractivity contribution in [3.05, 3.63) is 35.1 Å². The highest BCUT2D eigenvalue weighted by Crippen LogP contribution is 2.26. The molecule has 0 saturated carbocycles. The Morgan fingerprint density at radius 1 is 1.44 bits per heavy atom. The maximum absolute atomic E-state index is 10.6. The Morgan fingerprint density at radius 2 is 2.19 bits per heavy atom. The molecule has 3 nitrogen and oxygen atoms in total. The highest BCUT2D eigenvalue weighted by atomic mass is 16.4. The largest absolute Gasteiger partial charge is 0.481 e. The molecule has 1 N–H and O–H groups in total. The first-order chi connectivity index (χ1) is 7.59. The van der Waals surface area contributed by atoms with Gasteiger partial charge in [-0.25, -0.2) is 0 Å². The zero-order valence-corrected chi connectivity index (χ0v) is 9.41. The molecule has 3 heteroatoms. The lowest BCUT2D eigenvalue weighted by atomic mass is 9.96. The molecular formula is C13H14O3. The Morgan fingerprint density at radius 3 is 2.88 bits per heavy atom. The van der Waals surface area contributed by atoms with Crippen LogP contribution in [0.5, 0.6) is 0 Å². The summed E-state index contributed by atoms with van der Waals surface area (Å²) >= 11 is 0. The van der Waals surface area contributed by atoms with Gasteiger partial charge in [-0.2, -0.15) is 0 Å². The minimum Gasteiger partial charge on any atom is -0.481 e. The normalized spacial score (nSPS) is 10.9. The number of fused-ring (bicyclic) bond motifs is 1. The maximum Gasteiger partial charge on any atom is 0.303 e. The number of benzene rings is 1. The standard InChI is InChI=1S/C13H14O3/c1-8-7-12-11(5-6-16-12)9(2)10(8)3-4-13(14)15/h5-7H,3-4H2,1-2H3,(H,14,15). The van der Waals surface area contributed by atoms with Crippen molar-refractivity contribution in [2.75, 3.05) is 0 Å². The summed E-state index contributed by atoms with van der Waals surface area (Å²) in [5, 5.41) is 9.79. The van der Waals surface area contributed by atoms with Gasteiger partial charge >= 0.3 is 5.97 Å². The fraction of sp³-hybridized carbons (Fsp3) is 0.308. The van der Waals surface area contributed by atoms with Gasteiger partial charge in [0.05, 0.1) is 6.26 Å². The monoisotopic (exact) mass is 218 g/mol. The van der Waals surface area contributed by atoms with Crippen molar-refractivity contribution < 1.29 is 14.3 Å². The topological polar surface area (TPSA) is 50.4 Å². The van der Waals surface area contributed by atoms with Crippen LogP contribution in [0.1, 0.15) is 23.1 Å². The minimum absolute atomic E-state index is 0.172. The quantitative estimate of drug-likeness (QED) is 0.861. The SMILES string of the molecule is Cc1cc2occc2c(C)c1CCC(=O)O. The van der Waals surface area contributed by atoms with Crippen LogP contribution in [0, 0.1) is 13.8 Å². The molecule has 16 heavy (non-hydrogen) atoms. The molecule has 0 aliphatic heterocycles.